The molecule has 0 saturated heterocycles. The van der Waals surface area contributed by atoms with Crippen molar-refractivity contribution >= 4 is 17.9 Å². The van der Waals surface area contributed by atoms with Crippen LogP contribution in [0.3, 0.4) is 0 Å². The van der Waals surface area contributed by atoms with E-state index in [4.69, 9.17) is 18.9 Å². The van der Waals surface area contributed by atoms with Gasteiger partial charge in [0.15, 0.2) is 0 Å². The number of hydrogen-bond donors (Lipinski definition) is 0. The Morgan fingerprint density at radius 3 is 2.03 bits per heavy atom. The third-order valence-corrected chi connectivity index (χ3v) is 4.03. The maximum Gasteiger partial charge on any atom is 0.343 e. The second-order valence-electron chi connectivity index (χ2n) is 6.54. The fourth-order valence-corrected chi connectivity index (χ4v) is 2.44. The van der Waals surface area contributed by atoms with Gasteiger partial charge in [-0.25, -0.2) is 9.59 Å². The summed E-state index contributed by atoms with van der Waals surface area (Å²) in [5.41, 5.74) is 0.377. The molecule has 31 heavy (non-hydrogen) atoms. The Bertz CT molecular complexity index is 870. The van der Waals surface area contributed by atoms with E-state index in [2.05, 4.69) is 6.58 Å². The van der Waals surface area contributed by atoms with Crippen molar-refractivity contribution in [1.29, 1.82) is 0 Å². The van der Waals surface area contributed by atoms with Gasteiger partial charge >= 0.3 is 17.9 Å². The lowest BCUT2D eigenvalue weighted by Gasteiger charge is -2.08. The predicted octanol–water partition coefficient (Wildman–Crippen LogP) is 4.50. The van der Waals surface area contributed by atoms with Crippen molar-refractivity contribution in [3.63, 3.8) is 0 Å². The summed E-state index contributed by atoms with van der Waals surface area (Å²) in [6.45, 7) is 6.01. The summed E-state index contributed by atoms with van der Waals surface area (Å²) in [6.07, 6.45) is 3.59. The van der Waals surface area contributed by atoms with Crippen molar-refractivity contribution in [2.24, 2.45) is 0 Å². The minimum absolute atomic E-state index is 0.300. The quantitative estimate of drug-likeness (QED) is 0.214. The molecule has 2 rings (SSSR count). The van der Waals surface area contributed by atoms with Crippen LogP contribution in [0.25, 0.3) is 0 Å². The molecule has 0 N–H and O–H groups in total. The van der Waals surface area contributed by atoms with Gasteiger partial charge in [-0.15, -0.1) is 0 Å². The van der Waals surface area contributed by atoms with Gasteiger partial charge in [0.1, 0.15) is 17.2 Å². The van der Waals surface area contributed by atoms with Crippen molar-refractivity contribution in [3.8, 4) is 17.2 Å². The van der Waals surface area contributed by atoms with Gasteiger partial charge < -0.3 is 18.9 Å². The van der Waals surface area contributed by atoms with Crippen molar-refractivity contribution in [3.05, 3.63) is 66.7 Å². The zero-order chi connectivity index (χ0) is 22.5. The molecule has 0 aliphatic carbocycles. The minimum atomic E-state index is -0.508. The highest BCUT2D eigenvalue weighted by Crippen LogP contribution is 2.20. The van der Waals surface area contributed by atoms with E-state index in [0.29, 0.717) is 55.3 Å². The van der Waals surface area contributed by atoms with Crippen molar-refractivity contribution < 1.29 is 33.3 Å². The number of rotatable bonds is 12. The summed E-state index contributed by atoms with van der Waals surface area (Å²) in [6, 6.07) is 12.9. The first-order valence-electron chi connectivity index (χ1n) is 10.1. The highest BCUT2D eigenvalue weighted by Gasteiger charge is 2.10. The van der Waals surface area contributed by atoms with E-state index in [1.165, 1.54) is 0 Å². The van der Waals surface area contributed by atoms with Gasteiger partial charge in [-0.2, -0.15) is 0 Å². The Labute approximate surface area is 181 Å². The summed E-state index contributed by atoms with van der Waals surface area (Å²) < 4.78 is 21.0. The number of benzene rings is 2. The maximum atomic E-state index is 12.3. The molecule has 0 heterocycles. The van der Waals surface area contributed by atoms with Crippen LogP contribution in [-0.4, -0.2) is 31.1 Å². The Hall–Kier alpha value is -3.61. The van der Waals surface area contributed by atoms with Crippen LogP contribution in [0.5, 0.6) is 17.2 Å². The average molecular weight is 426 g/mol. The lowest BCUT2D eigenvalue weighted by atomic mass is 10.2. The Kier molecular flexibility index (Phi) is 9.81. The summed E-state index contributed by atoms with van der Waals surface area (Å²) in [5.74, 6) is 0.126. The van der Waals surface area contributed by atoms with Crippen molar-refractivity contribution in [1.82, 2.24) is 0 Å². The molecule has 0 aromatic heterocycles. The van der Waals surface area contributed by atoms with Crippen LogP contribution in [0.1, 0.15) is 43.0 Å². The smallest absolute Gasteiger partial charge is 0.343 e. The highest BCUT2D eigenvalue weighted by atomic mass is 16.5. The molecule has 0 aliphatic heterocycles. The van der Waals surface area contributed by atoms with Gasteiger partial charge in [0, 0.05) is 12.5 Å². The van der Waals surface area contributed by atoms with Gasteiger partial charge in [-0.1, -0.05) is 13.5 Å². The first-order chi connectivity index (χ1) is 15.0. The molecule has 0 atom stereocenters. The zero-order valence-corrected chi connectivity index (χ0v) is 17.5. The molecule has 0 bridgehead atoms. The minimum Gasteiger partial charge on any atom is -0.494 e. The van der Waals surface area contributed by atoms with Gasteiger partial charge in [0.2, 0.25) is 0 Å². The largest absolute Gasteiger partial charge is 0.494 e. The van der Waals surface area contributed by atoms with Crippen LogP contribution in [0.4, 0.5) is 0 Å². The first kappa shape index (κ1) is 23.7. The third-order valence-electron chi connectivity index (χ3n) is 4.03. The van der Waals surface area contributed by atoms with Crippen LogP contribution in [0, 0.1) is 0 Å². The van der Waals surface area contributed by atoms with Crippen molar-refractivity contribution in [2.45, 2.75) is 32.6 Å². The summed E-state index contributed by atoms with van der Waals surface area (Å²) in [7, 11) is 0. The molecule has 0 aliphatic rings. The van der Waals surface area contributed by atoms with Gasteiger partial charge in [0.25, 0.3) is 0 Å². The Balaban J connectivity index is 1.75. The number of carbonyl (C=O) groups excluding carboxylic acids is 3. The monoisotopic (exact) mass is 426 g/mol. The molecule has 0 fully saturated rings. The average Bonchev–Trinajstić information content (AvgIpc) is 2.77. The summed E-state index contributed by atoms with van der Waals surface area (Å²) in [4.78, 5) is 34.7. The van der Waals surface area contributed by atoms with Gasteiger partial charge in [-0.3, -0.25) is 4.79 Å². The topological polar surface area (TPSA) is 88.1 Å². The normalized spacial score (nSPS) is 10.1. The highest BCUT2D eigenvalue weighted by molar-refractivity contribution is 5.91. The molecular formula is C24H26O7. The Morgan fingerprint density at radius 1 is 0.839 bits per heavy atom. The van der Waals surface area contributed by atoms with Crippen LogP contribution in [0.2, 0.25) is 0 Å². The lowest BCUT2D eigenvalue weighted by Crippen LogP contribution is -2.09. The summed E-state index contributed by atoms with van der Waals surface area (Å²) in [5, 5.41) is 0. The molecule has 2 aromatic carbocycles. The van der Waals surface area contributed by atoms with Gasteiger partial charge in [-0.05, 0) is 67.8 Å². The van der Waals surface area contributed by atoms with E-state index in [1.807, 2.05) is 6.92 Å². The van der Waals surface area contributed by atoms with Crippen LogP contribution in [-0.2, 0) is 14.3 Å². The molecule has 164 valence electrons. The van der Waals surface area contributed by atoms with Gasteiger partial charge in [0.05, 0.1) is 18.8 Å². The predicted molar refractivity (Wildman–Crippen MR) is 114 cm³/mol. The molecule has 7 nitrogen and oxygen atoms in total. The number of carbonyl (C=O) groups is 3. The fourth-order valence-electron chi connectivity index (χ4n) is 2.44. The first-order valence-corrected chi connectivity index (χ1v) is 10.1. The number of ether oxygens (including phenoxy) is 4. The lowest BCUT2D eigenvalue weighted by molar-refractivity contribution is -0.138. The van der Waals surface area contributed by atoms with Crippen LogP contribution in [0.15, 0.2) is 61.2 Å². The summed E-state index contributed by atoms with van der Waals surface area (Å²) >= 11 is 0. The van der Waals surface area contributed by atoms with E-state index in [-0.39, 0.29) is 5.97 Å². The van der Waals surface area contributed by atoms with E-state index in [1.54, 1.807) is 48.5 Å². The molecule has 0 amide bonds. The Morgan fingerprint density at radius 2 is 1.42 bits per heavy atom. The number of esters is 3. The van der Waals surface area contributed by atoms with Crippen LogP contribution < -0.4 is 14.2 Å². The standard InChI is InChI=1S/C24H26O7/c1-3-7-23(26)30-20-12-14-21(15-13-20)31-24(27)18-8-10-19(11-9-18)28-16-5-6-17-29-22(25)4-2/h4,8-15H,2-3,5-7,16-17H2,1H3. The SMILES string of the molecule is C=CC(=O)OCCCCOc1ccc(C(=O)Oc2ccc(OC(=O)CCC)cc2)cc1. The molecular weight excluding hydrogens is 400 g/mol. The molecule has 0 spiro atoms. The van der Waals surface area contributed by atoms with E-state index in [0.717, 1.165) is 12.5 Å². The van der Waals surface area contributed by atoms with E-state index in [9.17, 15) is 14.4 Å². The molecule has 2 aromatic rings. The molecule has 7 heteroatoms. The molecule has 0 radical (unpaired) electrons. The number of hydrogen-bond acceptors (Lipinski definition) is 7. The van der Waals surface area contributed by atoms with Crippen LogP contribution >= 0.6 is 0 Å². The second kappa shape index (κ2) is 12.8. The molecule has 0 unspecified atom stereocenters. The number of unbranched alkanes of at least 4 members (excludes halogenated alkanes) is 1. The maximum absolute atomic E-state index is 12.3. The van der Waals surface area contributed by atoms with Crippen molar-refractivity contribution in [2.75, 3.05) is 13.2 Å². The molecule has 0 saturated carbocycles. The second-order valence-corrected chi connectivity index (χ2v) is 6.54. The van der Waals surface area contributed by atoms with E-state index < -0.39 is 11.9 Å². The zero-order valence-electron chi connectivity index (χ0n) is 17.5. The third kappa shape index (κ3) is 8.74. The van der Waals surface area contributed by atoms with E-state index >= 15 is 0 Å². The fraction of sp³-hybridized carbons (Fsp3) is 0.292.